The Morgan fingerprint density at radius 3 is 2.26 bits per heavy atom. The molecule has 3 unspecified atom stereocenters. The molecule has 23 heavy (non-hydrogen) atoms. The van der Waals surface area contributed by atoms with Crippen LogP contribution >= 0.6 is 0 Å². The van der Waals surface area contributed by atoms with Crippen molar-refractivity contribution >= 4 is 12.0 Å². The van der Waals surface area contributed by atoms with E-state index in [1.54, 1.807) is 37.3 Å². The zero-order valence-electron chi connectivity index (χ0n) is 12.6. The van der Waals surface area contributed by atoms with Gasteiger partial charge in [-0.25, -0.2) is 9.69 Å². The van der Waals surface area contributed by atoms with Gasteiger partial charge in [0, 0.05) is 0 Å². The third-order valence-electron chi connectivity index (χ3n) is 3.98. The van der Waals surface area contributed by atoms with E-state index in [2.05, 4.69) is 0 Å². The summed E-state index contributed by atoms with van der Waals surface area (Å²) < 4.78 is 5.33. The van der Waals surface area contributed by atoms with Gasteiger partial charge in [0.1, 0.15) is 6.10 Å². The minimum atomic E-state index is -1.39. The second kappa shape index (κ2) is 6.22. The Kier molecular flexibility index (Phi) is 4.12. The van der Waals surface area contributed by atoms with E-state index in [0.29, 0.717) is 5.56 Å². The van der Waals surface area contributed by atoms with E-state index in [-0.39, 0.29) is 0 Å². The first-order chi connectivity index (χ1) is 11.1. The monoisotopic (exact) mass is 311 g/mol. The van der Waals surface area contributed by atoms with Crippen LogP contribution in [-0.4, -0.2) is 28.0 Å². The molecular formula is C18H17NO4. The number of ether oxygens (including phenoxy) is 1. The summed E-state index contributed by atoms with van der Waals surface area (Å²) in [6.45, 7) is 1.73. The van der Waals surface area contributed by atoms with Crippen molar-refractivity contribution in [3.8, 4) is 0 Å². The molecule has 2 aromatic carbocycles. The molecule has 5 heteroatoms. The molecule has 0 aromatic heterocycles. The molecular weight excluding hydrogens is 294 g/mol. The molecule has 0 saturated carbocycles. The van der Waals surface area contributed by atoms with Crippen molar-refractivity contribution in [2.45, 2.75) is 25.2 Å². The SMILES string of the molecule is CC1C(c2ccccc2)OC(=O)N1C(=O)C(O)c1ccccc1. The summed E-state index contributed by atoms with van der Waals surface area (Å²) in [6.07, 6.45) is -2.65. The van der Waals surface area contributed by atoms with E-state index >= 15 is 0 Å². The number of amides is 2. The zero-order chi connectivity index (χ0) is 16.4. The minimum Gasteiger partial charge on any atom is -0.439 e. The molecule has 5 nitrogen and oxygen atoms in total. The van der Waals surface area contributed by atoms with Gasteiger partial charge in [0.25, 0.3) is 5.91 Å². The van der Waals surface area contributed by atoms with Crippen LogP contribution in [0.1, 0.15) is 30.3 Å². The van der Waals surface area contributed by atoms with Crippen LogP contribution in [0.25, 0.3) is 0 Å². The molecule has 1 aliphatic heterocycles. The fraction of sp³-hybridized carbons (Fsp3) is 0.222. The fourth-order valence-electron chi connectivity index (χ4n) is 2.76. The van der Waals surface area contributed by atoms with Crippen LogP contribution in [0.5, 0.6) is 0 Å². The summed E-state index contributed by atoms with van der Waals surface area (Å²) in [5, 5.41) is 10.2. The van der Waals surface area contributed by atoms with E-state index in [9.17, 15) is 14.7 Å². The van der Waals surface area contributed by atoms with Crippen molar-refractivity contribution in [3.63, 3.8) is 0 Å². The largest absolute Gasteiger partial charge is 0.439 e. The molecule has 0 bridgehead atoms. The molecule has 3 atom stereocenters. The molecule has 1 heterocycles. The molecule has 118 valence electrons. The van der Waals surface area contributed by atoms with Gasteiger partial charge < -0.3 is 9.84 Å². The third kappa shape index (κ3) is 2.83. The van der Waals surface area contributed by atoms with E-state index in [1.165, 1.54) is 0 Å². The average molecular weight is 311 g/mol. The van der Waals surface area contributed by atoms with Crippen LogP contribution in [0.2, 0.25) is 0 Å². The Labute approximate surface area is 134 Å². The number of aliphatic hydroxyl groups is 1. The molecule has 0 aliphatic carbocycles. The van der Waals surface area contributed by atoms with Gasteiger partial charge in [-0.2, -0.15) is 0 Å². The second-order valence-corrected chi connectivity index (χ2v) is 5.48. The van der Waals surface area contributed by atoms with Crippen LogP contribution in [0.15, 0.2) is 60.7 Å². The van der Waals surface area contributed by atoms with Crippen LogP contribution < -0.4 is 0 Å². The van der Waals surface area contributed by atoms with Crippen LogP contribution in [0.3, 0.4) is 0 Å². The predicted octanol–water partition coefficient (Wildman–Crippen LogP) is 2.83. The van der Waals surface area contributed by atoms with Crippen LogP contribution in [-0.2, 0) is 9.53 Å². The van der Waals surface area contributed by atoms with Gasteiger partial charge in [0.05, 0.1) is 6.04 Å². The first-order valence-electron chi connectivity index (χ1n) is 7.41. The van der Waals surface area contributed by atoms with E-state index in [1.807, 2.05) is 30.3 Å². The van der Waals surface area contributed by atoms with Crippen LogP contribution in [0, 0.1) is 0 Å². The predicted molar refractivity (Wildman–Crippen MR) is 83.4 cm³/mol. The number of rotatable bonds is 3. The first-order valence-corrected chi connectivity index (χ1v) is 7.41. The lowest BCUT2D eigenvalue weighted by Gasteiger charge is -2.22. The highest BCUT2D eigenvalue weighted by Crippen LogP contribution is 2.34. The van der Waals surface area contributed by atoms with Gasteiger partial charge in [-0.1, -0.05) is 60.7 Å². The van der Waals surface area contributed by atoms with Gasteiger partial charge in [-0.15, -0.1) is 0 Å². The number of benzene rings is 2. The molecule has 1 saturated heterocycles. The average Bonchev–Trinajstić information content (AvgIpc) is 2.89. The maximum Gasteiger partial charge on any atom is 0.417 e. The summed E-state index contributed by atoms with van der Waals surface area (Å²) in [5.41, 5.74) is 1.26. The molecule has 3 rings (SSSR count). The number of carbonyl (C=O) groups excluding carboxylic acids is 2. The highest BCUT2D eigenvalue weighted by molar-refractivity contribution is 5.96. The minimum absolute atomic E-state index is 0.445. The molecule has 1 fully saturated rings. The first kappa shape index (κ1) is 15.2. The van der Waals surface area contributed by atoms with E-state index in [0.717, 1.165) is 10.5 Å². The lowest BCUT2D eigenvalue weighted by molar-refractivity contribution is -0.138. The van der Waals surface area contributed by atoms with E-state index < -0.39 is 30.3 Å². The Bertz CT molecular complexity index is 701. The molecule has 2 aromatic rings. The highest BCUT2D eigenvalue weighted by atomic mass is 16.6. The fourth-order valence-corrected chi connectivity index (χ4v) is 2.76. The number of imide groups is 1. The highest BCUT2D eigenvalue weighted by Gasteiger charge is 2.45. The Balaban J connectivity index is 1.83. The number of aliphatic hydroxyl groups excluding tert-OH is 1. The number of cyclic esters (lactones) is 1. The lowest BCUT2D eigenvalue weighted by atomic mass is 10.0. The van der Waals surface area contributed by atoms with Crippen molar-refractivity contribution in [1.82, 2.24) is 4.90 Å². The second-order valence-electron chi connectivity index (χ2n) is 5.48. The van der Waals surface area contributed by atoms with E-state index in [4.69, 9.17) is 4.74 Å². The maximum atomic E-state index is 12.5. The Hall–Kier alpha value is -2.66. The van der Waals surface area contributed by atoms with Crippen molar-refractivity contribution in [2.75, 3.05) is 0 Å². The number of hydrogen-bond acceptors (Lipinski definition) is 4. The molecule has 0 spiro atoms. The third-order valence-corrected chi connectivity index (χ3v) is 3.98. The molecule has 2 amide bonds. The number of carbonyl (C=O) groups is 2. The maximum absolute atomic E-state index is 12.5. The summed E-state index contributed by atoms with van der Waals surface area (Å²) >= 11 is 0. The lowest BCUT2D eigenvalue weighted by Crippen LogP contribution is -2.40. The Morgan fingerprint density at radius 1 is 1.09 bits per heavy atom. The van der Waals surface area contributed by atoms with Crippen molar-refractivity contribution in [2.24, 2.45) is 0 Å². The van der Waals surface area contributed by atoms with Gasteiger partial charge in [-0.05, 0) is 18.1 Å². The summed E-state index contributed by atoms with van der Waals surface area (Å²) in [7, 11) is 0. The molecule has 1 N–H and O–H groups in total. The summed E-state index contributed by atoms with van der Waals surface area (Å²) in [6, 6.07) is 17.3. The van der Waals surface area contributed by atoms with Gasteiger partial charge in [0.2, 0.25) is 0 Å². The van der Waals surface area contributed by atoms with Crippen molar-refractivity contribution < 1.29 is 19.4 Å². The van der Waals surface area contributed by atoms with Crippen LogP contribution in [0.4, 0.5) is 4.79 Å². The van der Waals surface area contributed by atoms with Gasteiger partial charge >= 0.3 is 6.09 Å². The quantitative estimate of drug-likeness (QED) is 0.946. The zero-order valence-corrected chi connectivity index (χ0v) is 12.6. The number of nitrogens with zero attached hydrogens (tertiary/aromatic N) is 1. The van der Waals surface area contributed by atoms with Crippen molar-refractivity contribution in [1.29, 1.82) is 0 Å². The summed E-state index contributed by atoms with van der Waals surface area (Å²) in [5.74, 6) is -0.674. The Morgan fingerprint density at radius 2 is 1.65 bits per heavy atom. The number of hydrogen-bond donors (Lipinski definition) is 1. The normalized spacial score (nSPS) is 21.8. The standard InChI is InChI=1S/C18H17NO4/c1-12-16(14-10-6-3-7-11-14)23-18(22)19(12)17(21)15(20)13-8-4-2-5-9-13/h2-12,15-16,20H,1H3. The molecule has 1 aliphatic rings. The summed E-state index contributed by atoms with van der Waals surface area (Å²) in [4.78, 5) is 25.6. The van der Waals surface area contributed by atoms with Gasteiger partial charge in [-0.3, -0.25) is 4.79 Å². The van der Waals surface area contributed by atoms with Gasteiger partial charge in [0.15, 0.2) is 6.10 Å². The van der Waals surface area contributed by atoms with Crippen molar-refractivity contribution in [3.05, 3.63) is 71.8 Å². The molecule has 0 radical (unpaired) electrons. The smallest absolute Gasteiger partial charge is 0.417 e. The topological polar surface area (TPSA) is 66.8 Å².